The molecule has 2 heterocycles. The van der Waals surface area contributed by atoms with Gasteiger partial charge in [0, 0.05) is 32.7 Å². The monoisotopic (exact) mass is 380 g/mol. The van der Waals surface area contributed by atoms with Gasteiger partial charge in [-0.05, 0) is 43.0 Å². The number of carbonyl (C=O) groups excluding carboxylic acids is 1. The fourth-order valence-corrected chi connectivity index (χ4v) is 3.99. The largest absolute Gasteiger partial charge is 0.457 e. The first kappa shape index (κ1) is 19.0. The third-order valence-electron chi connectivity index (χ3n) is 5.61. The first-order valence-electron chi connectivity index (χ1n) is 10.2. The molecule has 2 fully saturated rings. The highest BCUT2D eigenvalue weighted by Crippen LogP contribution is 2.28. The zero-order chi connectivity index (χ0) is 19.2. The highest BCUT2D eigenvalue weighted by atomic mass is 16.5. The smallest absolute Gasteiger partial charge is 0.257 e. The third-order valence-corrected chi connectivity index (χ3v) is 5.61. The molecule has 2 saturated heterocycles. The summed E-state index contributed by atoms with van der Waals surface area (Å²) in [5, 5.41) is 0. The van der Waals surface area contributed by atoms with E-state index in [4.69, 9.17) is 9.47 Å². The van der Waals surface area contributed by atoms with Gasteiger partial charge in [-0.15, -0.1) is 0 Å². The minimum absolute atomic E-state index is 0.0661. The van der Waals surface area contributed by atoms with Gasteiger partial charge >= 0.3 is 0 Å². The van der Waals surface area contributed by atoms with Gasteiger partial charge in [0.1, 0.15) is 11.5 Å². The van der Waals surface area contributed by atoms with E-state index in [0.717, 1.165) is 64.5 Å². The van der Waals surface area contributed by atoms with Crippen LogP contribution < -0.4 is 4.74 Å². The minimum Gasteiger partial charge on any atom is -0.457 e. The second kappa shape index (κ2) is 9.22. The van der Waals surface area contributed by atoms with Gasteiger partial charge in [0.15, 0.2) is 0 Å². The molecule has 0 aliphatic carbocycles. The summed E-state index contributed by atoms with van der Waals surface area (Å²) in [6.07, 6.45) is 2.12. The van der Waals surface area contributed by atoms with E-state index >= 15 is 0 Å². The van der Waals surface area contributed by atoms with E-state index in [1.54, 1.807) is 0 Å². The Bertz CT molecular complexity index is 766. The first-order valence-corrected chi connectivity index (χ1v) is 10.2. The summed E-state index contributed by atoms with van der Waals surface area (Å²) in [6, 6.07) is 17.1. The normalized spacial score (nSPS) is 18.8. The molecule has 0 unspecified atom stereocenters. The summed E-state index contributed by atoms with van der Waals surface area (Å²) in [4.78, 5) is 17.6. The van der Waals surface area contributed by atoms with E-state index in [1.165, 1.54) is 0 Å². The fraction of sp³-hybridized carbons (Fsp3) is 0.435. The summed E-state index contributed by atoms with van der Waals surface area (Å²) in [5.74, 6) is 2.09. The third kappa shape index (κ3) is 4.72. The van der Waals surface area contributed by atoms with Gasteiger partial charge in [-0.3, -0.25) is 9.69 Å². The number of amides is 1. The zero-order valence-electron chi connectivity index (χ0n) is 16.3. The first-order chi connectivity index (χ1) is 13.8. The average molecular weight is 380 g/mol. The Hall–Kier alpha value is -2.37. The lowest BCUT2D eigenvalue weighted by Crippen LogP contribution is -2.44. The molecule has 148 valence electrons. The molecule has 0 radical (unpaired) electrons. The molecule has 0 atom stereocenters. The molecule has 28 heavy (non-hydrogen) atoms. The van der Waals surface area contributed by atoms with E-state index in [1.807, 2.05) is 59.5 Å². The lowest BCUT2D eigenvalue weighted by Gasteiger charge is -2.36. The Kier molecular flexibility index (Phi) is 6.24. The van der Waals surface area contributed by atoms with Gasteiger partial charge in [0.2, 0.25) is 0 Å². The van der Waals surface area contributed by atoms with Gasteiger partial charge in [0.25, 0.3) is 5.91 Å². The maximum Gasteiger partial charge on any atom is 0.257 e. The van der Waals surface area contributed by atoms with Crippen LogP contribution in [-0.2, 0) is 4.74 Å². The summed E-state index contributed by atoms with van der Waals surface area (Å²) in [5.41, 5.74) is 0.637. The molecular formula is C23H28N2O3. The predicted molar refractivity (Wildman–Crippen MR) is 109 cm³/mol. The number of benzene rings is 2. The standard InChI is InChI=1S/C23H28N2O3/c26-23(21-8-4-5-9-22(21)28-20-6-2-1-3-7-20)25-12-10-19(11-13-25)18-24-14-16-27-17-15-24/h1-9,19H,10-18H2. The molecular weight excluding hydrogens is 352 g/mol. The van der Waals surface area contributed by atoms with Crippen LogP contribution in [0.5, 0.6) is 11.5 Å². The number of para-hydroxylation sites is 2. The molecule has 2 aliphatic heterocycles. The molecule has 0 N–H and O–H groups in total. The molecule has 5 nitrogen and oxygen atoms in total. The van der Waals surface area contributed by atoms with Gasteiger partial charge in [-0.2, -0.15) is 0 Å². The van der Waals surface area contributed by atoms with Crippen molar-refractivity contribution in [2.75, 3.05) is 45.9 Å². The van der Waals surface area contributed by atoms with Crippen molar-refractivity contribution in [2.24, 2.45) is 5.92 Å². The SMILES string of the molecule is O=C(c1ccccc1Oc1ccccc1)N1CCC(CN2CCOCC2)CC1. The molecule has 0 aromatic heterocycles. The van der Waals surface area contributed by atoms with Crippen molar-refractivity contribution in [3.63, 3.8) is 0 Å². The Balaban J connectivity index is 1.36. The summed E-state index contributed by atoms with van der Waals surface area (Å²) < 4.78 is 11.4. The number of hydrogen-bond donors (Lipinski definition) is 0. The van der Waals surface area contributed by atoms with Crippen LogP contribution in [0.3, 0.4) is 0 Å². The second-order valence-electron chi connectivity index (χ2n) is 7.56. The Morgan fingerprint density at radius 2 is 1.61 bits per heavy atom. The van der Waals surface area contributed by atoms with Crippen molar-refractivity contribution in [1.29, 1.82) is 0 Å². The van der Waals surface area contributed by atoms with Crippen molar-refractivity contribution < 1.29 is 14.3 Å². The van der Waals surface area contributed by atoms with Crippen LogP contribution in [0.4, 0.5) is 0 Å². The number of hydrogen-bond acceptors (Lipinski definition) is 4. The minimum atomic E-state index is 0.0661. The van der Waals surface area contributed by atoms with Gasteiger partial charge in [-0.1, -0.05) is 30.3 Å². The maximum absolute atomic E-state index is 13.1. The molecule has 0 saturated carbocycles. The van der Waals surface area contributed by atoms with Crippen LogP contribution in [0.15, 0.2) is 54.6 Å². The number of piperidine rings is 1. The highest BCUT2D eigenvalue weighted by Gasteiger charge is 2.27. The van der Waals surface area contributed by atoms with Crippen molar-refractivity contribution in [3.8, 4) is 11.5 Å². The molecule has 2 aromatic rings. The predicted octanol–water partition coefficient (Wildman–Crippen LogP) is 3.66. The number of nitrogens with zero attached hydrogens (tertiary/aromatic N) is 2. The maximum atomic E-state index is 13.1. The van der Waals surface area contributed by atoms with E-state index in [-0.39, 0.29) is 5.91 Å². The van der Waals surface area contributed by atoms with Gasteiger partial charge in [-0.25, -0.2) is 0 Å². The van der Waals surface area contributed by atoms with E-state index in [9.17, 15) is 4.79 Å². The fourth-order valence-electron chi connectivity index (χ4n) is 3.99. The molecule has 1 amide bonds. The zero-order valence-corrected chi connectivity index (χ0v) is 16.3. The van der Waals surface area contributed by atoms with E-state index in [2.05, 4.69) is 4.90 Å². The summed E-state index contributed by atoms with van der Waals surface area (Å²) in [7, 11) is 0. The molecule has 2 aliphatic rings. The van der Waals surface area contributed by atoms with Crippen LogP contribution in [0.1, 0.15) is 23.2 Å². The van der Waals surface area contributed by atoms with Gasteiger partial charge in [0.05, 0.1) is 18.8 Å². The highest BCUT2D eigenvalue weighted by molar-refractivity contribution is 5.97. The van der Waals surface area contributed by atoms with Crippen LogP contribution in [-0.4, -0.2) is 61.6 Å². The van der Waals surface area contributed by atoms with Gasteiger partial charge < -0.3 is 14.4 Å². The number of morpholine rings is 1. The Morgan fingerprint density at radius 3 is 2.36 bits per heavy atom. The number of likely N-dealkylation sites (tertiary alicyclic amines) is 1. The van der Waals surface area contributed by atoms with E-state index in [0.29, 0.717) is 17.2 Å². The Morgan fingerprint density at radius 1 is 0.929 bits per heavy atom. The van der Waals surface area contributed by atoms with Crippen LogP contribution in [0.2, 0.25) is 0 Å². The summed E-state index contributed by atoms with van der Waals surface area (Å²) in [6.45, 7) is 6.50. The lowest BCUT2D eigenvalue weighted by molar-refractivity contribution is 0.0242. The number of ether oxygens (including phenoxy) is 2. The van der Waals surface area contributed by atoms with Crippen LogP contribution in [0, 0.1) is 5.92 Å². The number of rotatable bonds is 5. The van der Waals surface area contributed by atoms with Crippen molar-refractivity contribution in [3.05, 3.63) is 60.2 Å². The molecule has 2 aromatic carbocycles. The summed E-state index contributed by atoms with van der Waals surface area (Å²) >= 11 is 0. The van der Waals surface area contributed by atoms with E-state index < -0.39 is 0 Å². The average Bonchev–Trinajstić information content (AvgIpc) is 2.76. The van der Waals surface area contributed by atoms with Crippen LogP contribution >= 0.6 is 0 Å². The number of carbonyl (C=O) groups is 1. The lowest BCUT2D eigenvalue weighted by atomic mass is 9.95. The van der Waals surface area contributed by atoms with Crippen molar-refractivity contribution in [2.45, 2.75) is 12.8 Å². The topological polar surface area (TPSA) is 42.0 Å². The molecule has 0 spiro atoms. The van der Waals surface area contributed by atoms with Crippen LogP contribution in [0.25, 0.3) is 0 Å². The second-order valence-corrected chi connectivity index (χ2v) is 7.56. The Labute approximate surface area is 166 Å². The quantitative estimate of drug-likeness (QED) is 0.794. The van der Waals surface area contributed by atoms with Crippen molar-refractivity contribution >= 4 is 5.91 Å². The van der Waals surface area contributed by atoms with Crippen molar-refractivity contribution in [1.82, 2.24) is 9.80 Å². The molecule has 5 heteroatoms. The molecule has 4 rings (SSSR count). The molecule has 0 bridgehead atoms.